The first kappa shape index (κ1) is 23.1. The molecule has 3 aromatic rings. The molecule has 12 heteroatoms. The highest BCUT2D eigenvalue weighted by molar-refractivity contribution is 5.94. The molecule has 1 amide bonds. The number of hydrogen-bond acceptors (Lipinski definition) is 10. The number of methoxy groups -OCH3 is 1. The van der Waals surface area contributed by atoms with Crippen LogP contribution in [0.15, 0.2) is 29.3 Å². The van der Waals surface area contributed by atoms with Gasteiger partial charge in [-0.25, -0.2) is 15.0 Å². The Labute approximate surface area is 201 Å². The molecule has 0 aliphatic carbocycles. The van der Waals surface area contributed by atoms with Crippen LogP contribution in [-0.4, -0.2) is 79.9 Å². The van der Waals surface area contributed by atoms with Gasteiger partial charge in [-0.05, 0) is 24.8 Å². The van der Waals surface area contributed by atoms with Gasteiger partial charge in [0.2, 0.25) is 5.88 Å². The zero-order chi connectivity index (χ0) is 24.4. The summed E-state index contributed by atoms with van der Waals surface area (Å²) in [6.45, 7) is 2.32. The Kier molecular flexibility index (Phi) is 6.55. The molecule has 2 aliphatic heterocycles. The van der Waals surface area contributed by atoms with E-state index < -0.39 is 6.10 Å². The molecule has 35 heavy (non-hydrogen) atoms. The summed E-state index contributed by atoms with van der Waals surface area (Å²) in [6, 6.07) is 3.49. The Morgan fingerprint density at radius 1 is 1.17 bits per heavy atom. The topological polar surface area (TPSA) is 145 Å². The summed E-state index contributed by atoms with van der Waals surface area (Å²) in [7, 11) is 1.53. The summed E-state index contributed by atoms with van der Waals surface area (Å²) < 4.78 is 12.1. The monoisotopic (exact) mass is 481 g/mol. The minimum Gasteiger partial charge on any atom is -0.481 e. The summed E-state index contributed by atoms with van der Waals surface area (Å²) in [6.07, 6.45) is 4.71. The number of aryl methyl sites for hydroxylation is 1. The van der Waals surface area contributed by atoms with Crippen LogP contribution < -0.4 is 20.3 Å². The zero-order valence-electron chi connectivity index (χ0n) is 19.4. The van der Waals surface area contributed by atoms with E-state index in [1.165, 1.54) is 13.3 Å². The van der Waals surface area contributed by atoms with Crippen LogP contribution >= 0.6 is 0 Å². The molecule has 12 nitrogen and oxygen atoms in total. The van der Waals surface area contributed by atoms with Gasteiger partial charge in [-0.3, -0.25) is 19.1 Å². The predicted molar refractivity (Wildman–Crippen MR) is 125 cm³/mol. The van der Waals surface area contributed by atoms with Crippen LogP contribution in [0.25, 0.3) is 11.2 Å². The lowest BCUT2D eigenvalue weighted by atomic mass is 9.99. The molecule has 0 saturated carbocycles. The molecule has 0 unspecified atom stereocenters. The van der Waals surface area contributed by atoms with Gasteiger partial charge in [0.1, 0.15) is 11.3 Å². The lowest BCUT2D eigenvalue weighted by Crippen LogP contribution is -2.30. The van der Waals surface area contributed by atoms with E-state index in [2.05, 4.69) is 30.2 Å². The fraction of sp³-hybridized carbons (Fsp3) is 0.478. The number of amides is 1. The number of carbonyl (C=O) groups is 1. The van der Waals surface area contributed by atoms with Crippen molar-refractivity contribution in [3.8, 4) is 11.6 Å². The molecular formula is C23H27N7O5. The highest BCUT2D eigenvalue weighted by Crippen LogP contribution is 2.26. The van der Waals surface area contributed by atoms with Crippen LogP contribution in [0.1, 0.15) is 18.7 Å². The first-order valence-electron chi connectivity index (χ1n) is 11.6. The second kappa shape index (κ2) is 9.92. The molecular weight excluding hydrogens is 454 g/mol. The molecule has 1 fully saturated rings. The number of hydrogen-bond donors (Lipinski definition) is 2. The molecule has 0 bridgehead atoms. The number of anilines is 1. The van der Waals surface area contributed by atoms with E-state index in [-0.39, 0.29) is 24.0 Å². The molecule has 0 radical (unpaired) electrons. The molecule has 0 aromatic carbocycles. The second-order valence-electron chi connectivity index (χ2n) is 8.76. The Morgan fingerprint density at radius 2 is 2.06 bits per heavy atom. The smallest absolute Gasteiger partial charge is 0.270 e. The number of carbonyl (C=O) groups excluding carboxylic acids is 1. The third-order valence-corrected chi connectivity index (χ3v) is 6.39. The largest absolute Gasteiger partial charge is 0.481 e. The lowest BCUT2D eigenvalue weighted by Gasteiger charge is -2.17. The molecule has 2 atom stereocenters. The average Bonchev–Trinajstić information content (AvgIpc) is 3.21. The molecule has 0 spiro atoms. The lowest BCUT2D eigenvalue weighted by molar-refractivity contribution is -0.118. The second-order valence-corrected chi connectivity index (χ2v) is 8.76. The minimum absolute atomic E-state index is 0.0253. The van der Waals surface area contributed by atoms with Crippen LogP contribution in [0.4, 0.5) is 5.82 Å². The van der Waals surface area contributed by atoms with Crippen LogP contribution in [0, 0.1) is 5.92 Å². The number of aromatic nitrogens is 5. The van der Waals surface area contributed by atoms with Gasteiger partial charge in [-0.1, -0.05) is 0 Å². The SMILES string of the molecule is COc1ccc2ncc(=O)n(CCN3C[C@H](CCCc4ncc5c(n4)NC(=O)CO5)[C@H](O)C3)c2n1. The minimum atomic E-state index is -0.434. The Balaban J connectivity index is 1.16. The van der Waals surface area contributed by atoms with Gasteiger partial charge in [0, 0.05) is 38.7 Å². The van der Waals surface area contributed by atoms with Gasteiger partial charge in [-0.15, -0.1) is 0 Å². The average molecular weight is 482 g/mol. The first-order valence-corrected chi connectivity index (χ1v) is 11.6. The number of nitrogens with zero attached hydrogens (tertiary/aromatic N) is 6. The maximum absolute atomic E-state index is 12.5. The highest BCUT2D eigenvalue weighted by atomic mass is 16.5. The number of β-amino-alcohol motifs (C(OH)–C–C–N with tert-alkyl or cyclic N) is 1. The summed E-state index contributed by atoms with van der Waals surface area (Å²) in [4.78, 5) is 43.4. The number of pyridine rings is 1. The number of aliphatic hydroxyl groups is 1. The number of nitrogens with one attached hydrogen (secondary N) is 1. The highest BCUT2D eigenvalue weighted by Gasteiger charge is 2.30. The fourth-order valence-corrected chi connectivity index (χ4v) is 4.56. The zero-order valence-corrected chi connectivity index (χ0v) is 19.4. The fourth-order valence-electron chi connectivity index (χ4n) is 4.56. The normalized spacial score (nSPS) is 19.9. The molecule has 184 valence electrons. The Bertz CT molecular complexity index is 1300. The van der Waals surface area contributed by atoms with E-state index in [0.29, 0.717) is 60.5 Å². The van der Waals surface area contributed by atoms with E-state index in [1.54, 1.807) is 22.9 Å². The Hall–Kier alpha value is -3.64. The molecule has 3 aromatic heterocycles. The molecule has 5 heterocycles. The van der Waals surface area contributed by atoms with Crippen LogP contribution in [0.2, 0.25) is 0 Å². The van der Waals surface area contributed by atoms with E-state index >= 15 is 0 Å². The van der Waals surface area contributed by atoms with E-state index in [1.807, 2.05) is 0 Å². The van der Waals surface area contributed by atoms with Crippen molar-refractivity contribution in [2.45, 2.75) is 31.9 Å². The van der Waals surface area contributed by atoms with Gasteiger partial charge in [-0.2, -0.15) is 4.98 Å². The van der Waals surface area contributed by atoms with Crippen molar-refractivity contribution in [2.75, 3.05) is 38.7 Å². The summed E-state index contributed by atoms with van der Waals surface area (Å²) >= 11 is 0. The van der Waals surface area contributed by atoms with Crippen LogP contribution in [0.3, 0.4) is 0 Å². The van der Waals surface area contributed by atoms with E-state index in [0.717, 1.165) is 19.4 Å². The first-order chi connectivity index (χ1) is 17.0. The standard InChI is InChI=1S/C23H27N7O5/c1-34-20-6-5-15-23(28-20)30(21(33)10-24-15)8-7-29-11-14(16(31)12-29)3-2-4-18-25-9-17-22(26-18)27-19(32)13-35-17/h5-6,9-10,14,16,31H,2-4,7-8,11-13H2,1H3,(H,25,26,27,32)/t14-,16+/m0/s1. The number of ether oxygens (including phenoxy) is 2. The third-order valence-electron chi connectivity index (χ3n) is 6.39. The summed E-state index contributed by atoms with van der Waals surface area (Å²) in [5.41, 5.74) is 0.890. The molecule has 2 aliphatic rings. The number of likely N-dealkylation sites (tertiary alicyclic amines) is 1. The van der Waals surface area contributed by atoms with Crippen molar-refractivity contribution in [3.05, 3.63) is 40.7 Å². The van der Waals surface area contributed by atoms with Crippen molar-refractivity contribution in [1.82, 2.24) is 29.4 Å². The quantitative estimate of drug-likeness (QED) is 0.459. The van der Waals surface area contributed by atoms with Crippen LogP contribution in [-0.2, 0) is 17.8 Å². The predicted octanol–water partition coefficient (Wildman–Crippen LogP) is 0.237. The number of rotatable bonds is 8. The summed E-state index contributed by atoms with van der Waals surface area (Å²) in [5.74, 6) is 1.83. The maximum atomic E-state index is 12.5. The molecule has 1 saturated heterocycles. The van der Waals surface area contributed by atoms with Crippen molar-refractivity contribution in [2.24, 2.45) is 5.92 Å². The van der Waals surface area contributed by atoms with Crippen molar-refractivity contribution in [1.29, 1.82) is 0 Å². The Morgan fingerprint density at radius 3 is 2.91 bits per heavy atom. The van der Waals surface area contributed by atoms with Gasteiger partial charge in [0.15, 0.2) is 23.8 Å². The van der Waals surface area contributed by atoms with Crippen LogP contribution in [0.5, 0.6) is 11.6 Å². The van der Waals surface area contributed by atoms with Crippen molar-refractivity contribution < 1.29 is 19.4 Å². The number of fused-ring (bicyclic) bond motifs is 2. The van der Waals surface area contributed by atoms with Crippen molar-refractivity contribution in [3.63, 3.8) is 0 Å². The van der Waals surface area contributed by atoms with Crippen molar-refractivity contribution >= 4 is 22.9 Å². The summed E-state index contributed by atoms with van der Waals surface area (Å²) in [5, 5.41) is 13.3. The van der Waals surface area contributed by atoms with E-state index in [9.17, 15) is 14.7 Å². The van der Waals surface area contributed by atoms with Gasteiger partial charge < -0.3 is 19.9 Å². The third kappa shape index (κ3) is 5.08. The number of aliphatic hydroxyl groups excluding tert-OH is 1. The van der Waals surface area contributed by atoms with Gasteiger partial charge in [0.05, 0.1) is 25.6 Å². The molecule has 2 N–H and O–H groups in total. The van der Waals surface area contributed by atoms with Gasteiger partial charge >= 0.3 is 0 Å². The maximum Gasteiger partial charge on any atom is 0.270 e. The van der Waals surface area contributed by atoms with Gasteiger partial charge in [0.25, 0.3) is 11.5 Å². The molecule has 5 rings (SSSR count). The van der Waals surface area contributed by atoms with E-state index in [4.69, 9.17) is 9.47 Å².